The lowest BCUT2D eigenvalue weighted by Crippen LogP contribution is -2.38. The van der Waals surface area contributed by atoms with Crippen LogP contribution in [0.3, 0.4) is 0 Å². The molecule has 0 saturated carbocycles. The molecule has 3 aromatic rings. The first kappa shape index (κ1) is 21.2. The molecule has 1 fully saturated rings. The summed E-state index contributed by atoms with van der Waals surface area (Å²) in [6.07, 6.45) is 2.14. The quantitative estimate of drug-likeness (QED) is 0.533. The van der Waals surface area contributed by atoms with Crippen molar-refractivity contribution in [3.63, 3.8) is 0 Å². The number of oxazole rings is 1. The summed E-state index contributed by atoms with van der Waals surface area (Å²) in [5.74, 6) is 3.99. The minimum atomic E-state index is 0.198. The second-order valence-corrected chi connectivity index (χ2v) is 7.95. The molecule has 0 amide bonds. The Labute approximate surface area is 183 Å². The maximum absolute atomic E-state index is 6.20. The summed E-state index contributed by atoms with van der Waals surface area (Å²) in [5, 5.41) is 0. The predicted octanol–water partition coefficient (Wildman–Crippen LogP) is 5.02. The zero-order valence-corrected chi connectivity index (χ0v) is 18.7. The molecule has 6 nitrogen and oxygen atoms in total. The summed E-state index contributed by atoms with van der Waals surface area (Å²) >= 11 is 0. The SMILES string of the molecule is COc1ccc(-c2nc(CN3CCC(Oc4ccccc4OC)CC3)c(C)o2)cc1C. The summed E-state index contributed by atoms with van der Waals surface area (Å²) < 4.78 is 22.9. The Kier molecular flexibility index (Phi) is 6.47. The molecular weight excluding hydrogens is 392 g/mol. The van der Waals surface area contributed by atoms with E-state index in [1.807, 2.05) is 50.2 Å². The highest BCUT2D eigenvalue weighted by Gasteiger charge is 2.23. The third kappa shape index (κ3) is 4.85. The number of nitrogens with zero attached hydrogens (tertiary/aromatic N) is 2. The lowest BCUT2D eigenvalue weighted by atomic mass is 10.1. The van der Waals surface area contributed by atoms with Gasteiger partial charge in [-0.25, -0.2) is 4.98 Å². The van der Waals surface area contributed by atoms with Crippen molar-refractivity contribution in [1.82, 2.24) is 9.88 Å². The Morgan fingerprint density at radius 2 is 1.68 bits per heavy atom. The third-order valence-corrected chi connectivity index (χ3v) is 5.81. The molecule has 2 heterocycles. The first-order chi connectivity index (χ1) is 15.1. The van der Waals surface area contributed by atoms with E-state index in [2.05, 4.69) is 11.0 Å². The van der Waals surface area contributed by atoms with E-state index >= 15 is 0 Å². The normalized spacial score (nSPS) is 15.1. The number of hydrogen-bond donors (Lipinski definition) is 0. The Bertz CT molecular complexity index is 1020. The van der Waals surface area contributed by atoms with Gasteiger partial charge in [0.1, 0.15) is 17.6 Å². The van der Waals surface area contributed by atoms with Crippen LogP contribution in [-0.4, -0.2) is 43.3 Å². The fourth-order valence-electron chi connectivity index (χ4n) is 4.00. The molecule has 1 aliphatic rings. The van der Waals surface area contributed by atoms with Crippen molar-refractivity contribution in [2.24, 2.45) is 0 Å². The molecule has 0 spiro atoms. The van der Waals surface area contributed by atoms with E-state index in [0.717, 1.165) is 72.3 Å². The van der Waals surface area contributed by atoms with Crippen LogP contribution >= 0.6 is 0 Å². The molecule has 0 unspecified atom stereocenters. The van der Waals surface area contributed by atoms with Gasteiger partial charge in [-0.15, -0.1) is 0 Å². The zero-order valence-electron chi connectivity index (χ0n) is 18.7. The van der Waals surface area contributed by atoms with E-state index in [1.54, 1.807) is 14.2 Å². The number of piperidine rings is 1. The lowest BCUT2D eigenvalue weighted by molar-refractivity contribution is 0.0935. The molecule has 0 bridgehead atoms. The maximum Gasteiger partial charge on any atom is 0.226 e. The van der Waals surface area contributed by atoms with Crippen LogP contribution in [0.15, 0.2) is 46.9 Å². The van der Waals surface area contributed by atoms with Gasteiger partial charge in [0.25, 0.3) is 0 Å². The predicted molar refractivity (Wildman–Crippen MR) is 120 cm³/mol. The molecule has 1 aliphatic heterocycles. The number of benzene rings is 2. The van der Waals surface area contributed by atoms with Crippen molar-refractivity contribution in [2.75, 3.05) is 27.3 Å². The molecule has 4 rings (SSSR count). The van der Waals surface area contributed by atoms with E-state index in [4.69, 9.17) is 23.6 Å². The minimum Gasteiger partial charge on any atom is -0.496 e. The first-order valence-corrected chi connectivity index (χ1v) is 10.7. The fraction of sp³-hybridized carbons (Fsp3) is 0.400. The third-order valence-electron chi connectivity index (χ3n) is 5.81. The molecule has 2 aromatic carbocycles. The largest absolute Gasteiger partial charge is 0.496 e. The second kappa shape index (κ2) is 9.43. The Balaban J connectivity index is 1.36. The molecule has 31 heavy (non-hydrogen) atoms. The Morgan fingerprint density at radius 1 is 0.968 bits per heavy atom. The molecule has 0 radical (unpaired) electrons. The van der Waals surface area contributed by atoms with Crippen molar-refractivity contribution in [3.8, 4) is 28.7 Å². The zero-order chi connectivity index (χ0) is 21.8. The highest BCUT2D eigenvalue weighted by Crippen LogP contribution is 2.30. The van der Waals surface area contributed by atoms with Gasteiger partial charge in [0.2, 0.25) is 5.89 Å². The number of aryl methyl sites for hydroxylation is 2. The number of hydrogen-bond acceptors (Lipinski definition) is 6. The van der Waals surface area contributed by atoms with Crippen LogP contribution < -0.4 is 14.2 Å². The van der Waals surface area contributed by atoms with Crippen LogP contribution in [0.1, 0.15) is 29.9 Å². The number of rotatable bonds is 7. The van der Waals surface area contributed by atoms with E-state index in [1.165, 1.54) is 0 Å². The van der Waals surface area contributed by atoms with Gasteiger partial charge < -0.3 is 18.6 Å². The molecular formula is C25H30N2O4. The van der Waals surface area contributed by atoms with Crippen LogP contribution in [-0.2, 0) is 6.54 Å². The van der Waals surface area contributed by atoms with Gasteiger partial charge in [0.15, 0.2) is 11.5 Å². The number of likely N-dealkylation sites (tertiary alicyclic amines) is 1. The van der Waals surface area contributed by atoms with E-state index in [-0.39, 0.29) is 6.10 Å². The number of para-hydroxylation sites is 2. The summed E-state index contributed by atoms with van der Waals surface area (Å²) in [7, 11) is 3.35. The van der Waals surface area contributed by atoms with Gasteiger partial charge in [0, 0.05) is 25.2 Å². The molecule has 0 aliphatic carbocycles. The molecule has 1 saturated heterocycles. The maximum atomic E-state index is 6.20. The van der Waals surface area contributed by atoms with Gasteiger partial charge >= 0.3 is 0 Å². The van der Waals surface area contributed by atoms with Gasteiger partial charge in [0.05, 0.1) is 19.9 Å². The van der Waals surface area contributed by atoms with Gasteiger partial charge in [-0.1, -0.05) is 12.1 Å². The van der Waals surface area contributed by atoms with E-state index in [0.29, 0.717) is 5.89 Å². The summed E-state index contributed by atoms with van der Waals surface area (Å²) in [6.45, 7) is 6.72. The van der Waals surface area contributed by atoms with Gasteiger partial charge in [-0.3, -0.25) is 4.90 Å². The Hall–Kier alpha value is -2.99. The first-order valence-electron chi connectivity index (χ1n) is 10.7. The topological polar surface area (TPSA) is 57.0 Å². The van der Waals surface area contributed by atoms with Crippen molar-refractivity contribution in [3.05, 3.63) is 59.5 Å². The van der Waals surface area contributed by atoms with E-state index < -0.39 is 0 Å². The fourth-order valence-corrected chi connectivity index (χ4v) is 4.00. The second-order valence-electron chi connectivity index (χ2n) is 7.95. The van der Waals surface area contributed by atoms with Crippen molar-refractivity contribution in [1.29, 1.82) is 0 Å². The molecule has 0 atom stereocenters. The summed E-state index contributed by atoms with van der Waals surface area (Å²) in [6, 6.07) is 13.8. The van der Waals surface area contributed by atoms with Crippen molar-refractivity contribution < 1.29 is 18.6 Å². The number of ether oxygens (including phenoxy) is 3. The lowest BCUT2D eigenvalue weighted by Gasteiger charge is -2.32. The number of methoxy groups -OCH3 is 2. The van der Waals surface area contributed by atoms with Crippen LogP contribution in [0.25, 0.3) is 11.5 Å². The Morgan fingerprint density at radius 3 is 2.35 bits per heavy atom. The van der Waals surface area contributed by atoms with Crippen molar-refractivity contribution in [2.45, 2.75) is 39.3 Å². The highest BCUT2D eigenvalue weighted by atomic mass is 16.5. The monoisotopic (exact) mass is 422 g/mol. The molecule has 6 heteroatoms. The highest BCUT2D eigenvalue weighted by molar-refractivity contribution is 5.57. The average molecular weight is 423 g/mol. The molecule has 164 valence electrons. The van der Waals surface area contributed by atoms with Crippen LogP contribution in [0, 0.1) is 13.8 Å². The average Bonchev–Trinajstić information content (AvgIpc) is 3.15. The molecule has 0 N–H and O–H groups in total. The van der Waals surface area contributed by atoms with Crippen LogP contribution in [0.5, 0.6) is 17.2 Å². The standard InChI is InChI=1S/C25H30N2O4/c1-17-15-19(9-10-22(17)28-3)25-26-21(18(2)30-25)16-27-13-11-20(12-14-27)31-24-8-6-5-7-23(24)29-4/h5-10,15,20H,11-14,16H2,1-4H3. The summed E-state index contributed by atoms with van der Waals surface area (Å²) in [5.41, 5.74) is 3.03. The van der Waals surface area contributed by atoms with E-state index in [9.17, 15) is 0 Å². The van der Waals surface area contributed by atoms with Gasteiger partial charge in [-0.05, 0) is 62.6 Å². The summed E-state index contributed by atoms with van der Waals surface area (Å²) in [4.78, 5) is 7.20. The van der Waals surface area contributed by atoms with Crippen molar-refractivity contribution >= 4 is 0 Å². The minimum absolute atomic E-state index is 0.198. The van der Waals surface area contributed by atoms with Crippen LogP contribution in [0.2, 0.25) is 0 Å². The molecule has 1 aromatic heterocycles. The van der Waals surface area contributed by atoms with Crippen LogP contribution in [0.4, 0.5) is 0 Å². The van der Waals surface area contributed by atoms with Gasteiger partial charge in [-0.2, -0.15) is 0 Å². The smallest absolute Gasteiger partial charge is 0.226 e. The number of aromatic nitrogens is 1.